The van der Waals surface area contributed by atoms with Crippen LogP contribution in [0.15, 0.2) is 30.3 Å². The lowest BCUT2D eigenvalue weighted by Crippen LogP contribution is -2.08. The predicted molar refractivity (Wildman–Crippen MR) is 84.3 cm³/mol. The number of nitrogens with one attached hydrogen (secondary N) is 1. The Morgan fingerprint density at radius 2 is 1.71 bits per heavy atom. The number of benzene rings is 2. The second-order valence-electron chi connectivity index (χ2n) is 5.25. The van der Waals surface area contributed by atoms with E-state index in [1.165, 1.54) is 7.11 Å². The quantitative estimate of drug-likeness (QED) is 0.746. The van der Waals surface area contributed by atoms with Gasteiger partial charge in [0, 0.05) is 11.7 Å². The number of phenols is 2. The summed E-state index contributed by atoms with van der Waals surface area (Å²) in [6.07, 6.45) is 0. The fourth-order valence-corrected chi connectivity index (χ4v) is 2.24. The van der Waals surface area contributed by atoms with Gasteiger partial charge in [-0.15, -0.1) is 0 Å². The van der Waals surface area contributed by atoms with Crippen LogP contribution in [0.3, 0.4) is 0 Å². The molecule has 0 radical (unpaired) electrons. The van der Waals surface area contributed by atoms with Crippen LogP contribution < -0.4 is 10.1 Å². The van der Waals surface area contributed by atoms with E-state index in [0.29, 0.717) is 11.5 Å². The third-order valence-electron chi connectivity index (χ3n) is 3.62. The third kappa shape index (κ3) is 3.21. The highest BCUT2D eigenvalue weighted by Gasteiger charge is 2.11. The summed E-state index contributed by atoms with van der Waals surface area (Å²) in [6.45, 7) is 5.85. The number of aryl methyl sites for hydroxylation is 2. The molecule has 0 saturated heterocycles. The third-order valence-corrected chi connectivity index (χ3v) is 3.62. The maximum Gasteiger partial charge on any atom is 0.160 e. The van der Waals surface area contributed by atoms with E-state index in [0.717, 1.165) is 22.4 Å². The van der Waals surface area contributed by atoms with Gasteiger partial charge in [-0.1, -0.05) is 6.07 Å². The summed E-state index contributed by atoms with van der Waals surface area (Å²) >= 11 is 0. The lowest BCUT2D eigenvalue weighted by molar-refractivity contribution is 0.373. The van der Waals surface area contributed by atoms with Gasteiger partial charge >= 0.3 is 0 Å². The Kier molecular flexibility index (Phi) is 4.26. The van der Waals surface area contributed by atoms with Gasteiger partial charge in [-0.2, -0.15) is 0 Å². The lowest BCUT2D eigenvalue weighted by Gasteiger charge is -2.19. The summed E-state index contributed by atoms with van der Waals surface area (Å²) in [7, 11) is 1.53. The molecule has 0 bridgehead atoms. The van der Waals surface area contributed by atoms with Crippen LogP contribution in [0.4, 0.5) is 5.69 Å². The Morgan fingerprint density at radius 3 is 2.38 bits per heavy atom. The van der Waals surface area contributed by atoms with Gasteiger partial charge in [0.15, 0.2) is 11.5 Å². The minimum absolute atomic E-state index is 0.0437. The molecule has 3 N–H and O–H groups in total. The molecule has 1 atom stereocenters. The van der Waals surface area contributed by atoms with Crippen molar-refractivity contribution in [2.45, 2.75) is 26.8 Å². The zero-order valence-electron chi connectivity index (χ0n) is 12.8. The molecule has 0 saturated carbocycles. The van der Waals surface area contributed by atoms with Crippen LogP contribution >= 0.6 is 0 Å². The molecular weight excluding hydrogens is 266 g/mol. The van der Waals surface area contributed by atoms with E-state index in [4.69, 9.17) is 4.74 Å². The minimum Gasteiger partial charge on any atom is -0.508 e. The molecule has 0 fully saturated rings. The summed E-state index contributed by atoms with van der Waals surface area (Å²) < 4.78 is 5.13. The first-order valence-corrected chi connectivity index (χ1v) is 6.86. The molecule has 21 heavy (non-hydrogen) atoms. The Hall–Kier alpha value is -2.36. The zero-order chi connectivity index (χ0) is 15.6. The molecule has 0 spiro atoms. The predicted octanol–water partition coefficient (Wildman–Crippen LogP) is 3.90. The number of rotatable bonds is 4. The number of ether oxygens (including phenoxy) is 1. The van der Waals surface area contributed by atoms with E-state index in [1.54, 1.807) is 12.1 Å². The average molecular weight is 287 g/mol. The highest BCUT2D eigenvalue weighted by molar-refractivity contribution is 5.58. The van der Waals surface area contributed by atoms with Crippen LogP contribution in [0.1, 0.15) is 29.7 Å². The average Bonchev–Trinajstić information content (AvgIpc) is 2.45. The van der Waals surface area contributed by atoms with Crippen molar-refractivity contribution in [1.82, 2.24) is 0 Å². The maximum absolute atomic E-state index is 9.70. The first-order chi connectivity index (χ1) is 9.92. The Morgan fingerprint density at radius 1 is 1.00 bits per heavy atom. The summed E-state index contributed by atoms with van der Waals surface area (Å²) in [5.74, 6) is 0.891. The molecule has 0 aromatic heterocycles. The van der Waals surface area contributed by atoms with Crippen molar-refractivity contribution in [3.05, 3.63) is 47.0 Å². The largest absolute Gasteiger partial charge is 0.508 e. The molecule has 112 valence electrons. The molecule has 4 heteroatoms. The second kappa shape index (κ2) is 5.95. The van der Waals surface area contributed by atoms with Crippen LogP contribution in [-0.2, 0) is 0 Å². The molecule has 0 heterocycles. The highest BCUT2D eigenvalue weighted by atomic mass is 16.5. The van der Waals surface area contributed by atoms with Crippen molar-refractivity contribution < 1.29 is 14.9 Å². The molecule has 0 aliphatic rings. The molecule has 4 nitrogen and oxygen atoms in total. The second-order valence-corrected chi connectivity index (χ2v) is 5.25. The summed E-state index contributed by atoms with van der Waals surface area (Å²) in [4.78, 5) is 0. The fourth-order valence-electron chi connectivity index (χ4n) is 2.24. The standard InChI is InChI=1S/C17H21NO3/c1-10-8-16(20)11(2)7-14(10)18-12(3)13-5-6-15(19)17(9-13)21-4/h5-9,12,18-20H,1-4H3. The molecule has 0 amide bonds. The highest BCUT2D eigenvalue weighted by Crippen LogP contribution is 2.32. The number of phenolic OH excluding ortho intramolecular Hbond substituents is 2. The lowest BCUT2D eigenvalue weighted by atomic mass is 10.0. The van der Waals surface area contributed by atoms with Crippen molar-refractivity contribution in [3.8, 4) is 17.2 Å². The van der Waals surface area contributed by atoms with Crippen molar-refractivity contribution in [1.29, 1.82) is 0 Å². The Bertz CT molecular complexity index is 653. The summed E-state index contributed by atoms with van der Waals surface area (Å²) in [5, 5.41) is 22.8. The van der Waals surface area contributed by atoms with Crippen LogP contribution in [0.5, 0.6) is 17.2 Å². The van der Waals surface area contributed by atoms with E-state index in [1.807, 2.05) is 39.0 Å². The van der Waals surface area contributed by atoms with Crippen molar-refractivity contribution >= 4 is 5.69 Å². The monoisotopic (exact) mass is 287 g/mol. The van der Waals surface area contributed by atoms with Gasteiger partial charge in [-0.05, 0) is 61.7 Å². The van der Waals surface area contributed by atoms with E-state index >= 15 is 0 Å². The molecule has 0 aliphatic heterocycles. The summed E-state index contributed by atoms with van der Waals surface area (Å²) in [5.41, 5.74) is 3.80. The van der Waals surface area contributed by atoms with Crippen LogP contribution in [0, 0.1) is 13.8 Å². The molecule has 2 aromatic rings. The first-order valence-electron chi connectivity index (χ1n) is 6.86. The van der Waals surface area contributed by atoms with Gasteiger partial charge in [-0.25, -0.2) is 0 Å². The molecule has 2 rings (SSSR count). The molecular formula is C17H21NO3. The smallest absolute Gasteiger partial charge is 0.160 e. The number of hydrogen-bond acceptors (Lipinski definition) is 4. The normalized spacial score (nSPS) is 12.0. The van der Waals surface area contributed by atoms with E-state index in [2.05, 4.69) is 5.32 Å². The van der Waals surface area contributed by atoms with E-state index in [-0.39, 0.29) is 11.8 Å². The molecule has 2 aromatic carbocycles. The fraction of sp³-hybridized carbons (Fsp3) is 0.294. The topological polar surface area (TPSA) is 61.7 Å². The minimum atomic E-state index is 0.0437. The van der Waals surface area contributed by atoms with Gasteiger partial charge in [-0.3, -0.25) is 0 Å². The van der Waals surface area contributed by atoms with Crippen LogP contribution in [-0.4, -0.2) is 17.3 Å². The van der Waals surface area contributed by atoms with E-state index in [9.17, 15) is 10.2 Å². The van der Waals surface area contributed by atoms with Gasteiger partial charge < -0.3 is 20.3 Å². The number of hydrogen-bond donors (Lipinski definition) is 3. The SMILES string of the molecule is COc1cc(C(C)Nc2cc(C)c(O)cc2C)ccc1O. The number of aromatic hydroxyl groups is 2. The van der Waals surface area contributed by atoms with Gasteiger partial charge in [0.2, 0.25) is 0 Å². The molecule has 1 unspecified atom stereocenters. The Balaban J connectivity index is 2.25. The summed E-state index contributed by atoms with van der Waals surface area (Å²) in [6, 6.07) is 9.03. The number of methoxy groups -OCH3 is 1. The first kappa shape index (κ1) is 15.0. The van der Waals surface area contributed by atoms with Gasteiger partial charge in [0.1, 0.15) is 5.75 Å². The molecule has 0 aliphatic carbocycles. The van der Waals surface area contributed by atoms with Crippen molar-refractivity contribution in [2.75, 3.05) is 12.4 Å². The van der Waals surface area contributed by atoms with Crippen molar-refractivity contribution in [3.63, 3.8) is 0 Å². The number of anilines is 1. The Labute approximate surface area is 125 Å². The van der Waals surface area contributed by atoms with Crippen molar-refractivity contribution in [2.24, 2.45) is 0 Å². The van der Waals surface area contributed by atoms with Gasteiger partial charge in [0.25, 0.3) is 0 Å². The maximum atomic E-state index is 9.70. The van der Waals surface area contributed by atoms with Crippen LogP contribution in [0.2, 0.25) is 0 Å². The zero-order valence-corrected chi connectivity index (χ0v) is 12.8. The van der Waals surface area contributed by atoms with Gasteiger partial charge in [0.05, 0.1) is 7.11 Å². The van der Waals surface area contributed by atoms with E-state index < -0.39 is 0 Å². The van der Waals surface area contributed by atoms with Crippen LogP contribution in [0.25, 0.3) is 0 Å².